The highest BCUT2D eigenvalue weighted by molar-refractivity contribution is 7.89. The molecule has 1 amide bonds. The van der Waals surface area contributed by atoms with E-state index in [2.05, 4.69) is 0 Å². The van der Waals surface area contributed by atoms with Gasteiger partial charge in [0.2, 0.25) is 10.0 Å². The molecular formula is C19H26N2O5S. The Hall–Kier alpha value is -1.93. The molecule has 2 aliphatic heterocycles. The van der Waals surface area contributed by atoms with Gasteiger partial charge in [0.15, 0.2) is 0 Å². The van der Waals surface area contributed by atoms with E-state index >= 15 is 0 Å². The van der Waals surface area contributed by atoms with Crippen LogP contribution in [0.4, 0.5) is 0 Å². The van der Waals surface area contributed by atoms with Gasteiger partial charge in [-0.05, 0) is 50.8 Å². The maximum Gasteiger partial charge on any atom is 0.308 e. The van der Waals surface area contributed by atoms with E-state index in [1.165, 1.54) is 21.3 Å². The molecule has 1 N–H and O–H groups in total. The number of benzene rings is 1. The largest absolute Gasteiger partial charge is 0.481 e. The topological polar surface area (TPSA) is 95.0 Å². The van der Waals surface area contributed by atoms with Gasteiger partial charge in [-0.15, -0.1) is 0 Å². The maximum atomic E-state index is 13.0. The Morgan fingerprint density at radius 3 is 2.59 bits per heavy atom. The quantitative estimate of drug-likeness (QED) is 0.845. The molecule has 0 radical (unpaired) electrons. The van der Waals surface area contributed by atoms with Crippen molar-refractivity contribution in [2.45, 2.75) is 50.0 Å². The van der Waals surface area contributed by atoms with E-state index in [9.17, 15) is 23.1 Å². The summed E-state index contributed by atoms with van der Waals surface area (Å²) in [5.74, 6) is -1.78. The Bertz CT molecular complexity index is 823. The van der Waals surface area contributed by atoms with E-state index in [1.807, 2.05) is 6.92 Å². The minimum absolute atomic E-state index is 0.0541. The maximum absolute atomic E-state index is 13.0. The summed E-state index contributed by atoms with van der Waals surface area (Å²) >= 11 is 0. The van der Waals surface area contributed by atoms with E-state index in [0.29, 0.717) is 25.9 Å². The van der Waals surface area contributed by atoms with Crippen molar-refractivity contribution in [3.63, 3.8) is 0 Å². The van der Waals surface area contributed by atoms with E-state index in [-0.39, 0.29) is 29.0 Å². The van der Waals surface area contributed by atoms with Crippen LogP contribution in [0.25, 0.3) is 0 Å². The summed E-state index contributed by atoms with van der Waals surface area (Å²) in [5.41, 5.74) is 0.284. The molecule has 0 spiro atoms. The lowest BCUT2D eigenvalue weighted by molar-refractivity contribution is -0.143. The van der Waals surface area contributed by atoms with Crippen molar-refractivity contribution in [1.29, 1.82) is 0 Å². The molecule has 1 aromatic rings. The van der Waals surface area contributed by atoms with Crippen LogP contribution in [0.2, 0.25) is 0 Å². The number of amides is 1. The third-order valence-electron chi connectivity index (χ3n) is 5.49. The molecule has 7 nitrogen and oxygen atoms in total. The van der Waals surface area contributed by atoms with Crippen LogP contribution in [0.3, 0.4) is 0 Å². The molecule has 2 atom stereocenters. The van der Waals surface area contributed by atoms with Crippen LogP contribution < -0.4 is 0 Å². The first-order valence-corrected chi connectivity index (χ1v) is 10.9. The van der Waals surface area contributed by atoms with Gasteiger partial charge < -0.3 is 10.0 Å². The van der Waals surface area contributed by atoms with Crippen LogP contribution >= 0.6 is 0 Å². The Morgan fingerprint density at radius 2 is 1.89 bits per heavy atom. The van der Waals surface area contributed by atoms with Crippen molar-refractivity contribution in [2.75, 3.05) is 19.6 Å². The standard InChI is InChI=1S/C19H26N2O5S/c1-14-6-2-3-11-21(14)27(25,26)17-9-4-7-15(12-17)18(22)20-10-5-8-16(13-20)19(23)24/h4,7,9,12,14,16H,2-3,5-6,8,10-11,13H2,1H3,(H,23,24). The number of likely N-dealkylation sites (tertiary alicyclic amines) is 1. The molecule has 148 valence electrons. The van der Waals surface area contributed by atoms with Crippen molar-refractivity contribution in [3.8, 4) is 0 Å². The van der Waals surface area contributed by atoms with Crippen LogP contribution in [-0.4, -0.2) is 60.3 Å². The second-order valence-electron chi connectivity index (χ2n) is 7.42. The summed E-state index contributed by atoms with van der Waals surface area (Å²) in [4.78, 5) is 25.7. The number of rotatable bonds is 4. The molecule has 0 aromatic heterocycles. The highest BCUT2D eigenvalue weighted by atomic mass is 32.2. The minimum atomic E-state index is -3.65. The number of carbonyl (C=O) groups is 2. The highest BCUT2D eigenvalue weighted by Crippen LogP contribution is 2.26. The number of carboxylic acid groups (broad SMARTS) is 1. The first kappa shape index (κ1) is 19.8. The van der Waals surface area contributed by atoms with Gasteiger partial charge >= 0.3 is 5.97 Å². The molecule has 2 aliphatic rings. The Balaban J connectivity index is 1.82. The number of hydrogen-bond acceptors (Lipinski definition) is 4. The lowest BCUT2D eigenvalue weighted by Gasteiger charge is -2.32. The fourth-order valence-electron chi connectivity index (χ4n) is 3.90. The number of carbonyl (C=O) groups excluding carboxylic acids is 1. The summed E-state index contributed by atoms with van der Waals surface area (Å²) in [6.07, 6.45) is 3.88. The van der Waals surface area contributed by atoms with Crippen molar-refractivity contribution < 1.29 is 23.1 Å². The second-order valence-corrected chi connectivity index (χ2v) is 9.31. The third kappa shape index (κ3) is 4.16. The van der Waals surface area contributed by atoms with Crippen molar-refractivity contribution >= 4 is 21.9 Å². The summed E-state index contributed by atoms with van der Waals surface area (Å²) in [6, 6.07) is 6.05. The average Bonchev–Trinajstić information content (AvgIpc) is 2.67. The van der Waals surface area contributed by atoms with E-state index < -0.39 is 21.9 Å². The first-order valence-electron chi connectivity index (χ1n) is 9.44. The van der Waals surface area contributed by atoms with E-state index in [4.69, 9.17) is 0 Å². The normalized spacial score (nSPS) is 24.6. The molecular weight excluding hydrogens is 368 g/mol. The SMILES string of the molecule is CC1CCCCN1S(=O)(=O)c1cccc(C(=O)N2CCCC(C(=O)O)C2)c1. The second kappa shape index (κ2) is 7.98. The lowest BCUT2D eigenvalue weighted by atomic mass is 9.97. The Morgan fingerprint density at radius 1 is 1.11 bits per heavy atom. The van der Waals surface area contributed by atoms with Crippen LogP contribution in [-0.2, 0) is 14.8 Å². The molecule has 0 bridgehead atoms. The summed E-state index contributed by atoms with van der Waals surface area (Å²) in [5, 5.41) is 9.21. The fraction of sp³-hybridized carbons (Fsp3) is 0.579. The lowest BCUT2D eigenvalue weighted by Crippen LogP contribution is -2.43. The van der Waals surface area contributed by atoms with Gasteiger partial charge in [0.25, 0.3) is 5.91 Å². The number of carboxylic acids is 1. The van der Waals surface area contributed by atoms with Gasteiger partial charge in [-0.1, -0.05) is 12.5 Å². The summed E-state index contributed by atoms with van der Waals surface area (Å²) < 4.78 is 27.5. The van der Waals surface area contributed by atoms with Gasteiger partial charge in [-0.25, -0.2) is 8.42 Å². The minimum Gasteiger partial charge on any atom is -0.481 e. The van der Waals surface area contributed by atoms with Gasteiger partial charge in [0, 0.05) is 31.2 Å². The number of hydrogen-bond donors (Lipinski definition) is 1. The molecule has 8 heteroatoms. The van der Waals surface area contributed by atoms with Crippen LogP contribution in [0.1, 0.15) is 49.4 Å². The Labute approximate surface area is 160 Å². The fourth-order valence-corrected chi connectivity index (χ4v) is 5.65. The van der Waals surface area contributed by atoms with Crippen molar-refractivity contribution in [2.24, 2.45) is 5.92 Å². The summed E-state index contributed by atoms with van der Waals surface area (Å²) in [6.45, 7) is 3.05. The molecule has 2 saturated heterocycles. The molecule has 27 heavy (non-hydrogen) atoms. The van der Waals surface area contributed by atoms with Gasteiger partial charge in [0.05, 0.1) is 10.8 Å². The van der Waals surface area contributed by atoms with Crippen LogP contribution in [0, 0.1) is 5.92 Å². The monoisotopic (exact) mass is 394 g/mol. The molecule has 2 heterocycles. The zero-order chi connectivity index (χ0) is 19.6. The van der Waals surface area contributed by atoms with Gasteiger partial charge in [-0.3, -0.25) is 9.59 Å². The van der Waals surface area contributed by atoms with Crippen molar-refractivity contribution in [1.82, 2.24) is 9.21 Å². The van der Waals surface area contributed by atoms with Gasteiger partial charge in [-0.2, -0.15) is 4.31 Å². The predicted molar refractivity (Wildman–Crippen MR) is 99.9 cm³/mol. The first-order chi connectivity index (χ1) is 12.8. The molecule has 2 unspecified atom stereocenters. The molecule has 1 aromatic carbocycles. The number of piperidine rings is 2. The molecule has 3 rings (SSSR count). The van der Waals surface area contributed by atoms with Crippen LogP contribution in [0.5, 0.6) is 0 Å². The van der Waals surface area contributed by atoms with Crippen LogP contribution in [0.15, 0.2) is 29.2 Å². The molecule has 0 saturated carbocycles. The summed E-state index contributed by atoms with van der Waals surface area (Å²) in [7, 11) is -3.65. The zero-order valence-electron chi connectivity index (χ0n) is 15.5. The van der Waals surface area contributed by atoms with E-state index in [1.54, 1.807) is 12.1 Å². The molecule has 0 aliphatic carbocycles. The van der Waals surface area contributed by atoms with Gasteiger partial charge in [0.1, 0.15) is 0 Å². The average molecular weight is 394 g/mol. The number of aliphatic carboxylic acids is 1. The number of sulfonamides is 1. The smallest absolute Gasteiger partial charge is 0.308 e. The molecule has 2 fully saturated rings. The zero-order valence-corrected chi connectivity index (χ0v) is 16.3. The highest BCUT2D eigenvalue weighted by Gasteiger charge is 2.32. The predicted octanol–water partition coefficient (Wildman–Crippen LogP) is 2.19. The van der Waals surface area contributed by atoms with E-state index in [0.717, 1.165) is 19.3 Å². The Kier molecular flexibility index (Phi) is 5.86. The third-order valence-corrected chi connectivity index (χ3v) is 7.50. The van der Waals surface area contributed by atoms with Crippen molar-refractivity contribution in [3.05, 3.63) is 29.8 Å². The number of nitrogens with zero attached hydrogens (tertiary/aromatic N) is 2.